The highest BCUT2D eigenvalue weighted by molar-refractivity contribution is 5.91. The number of hydrogen-bond acceptors (Lipinski definition) is 5. The molecule has 5 nitrogen and oxygen atoms in total. The fourth-order valence-electron chi connectivity index (χ4n) is 8.09. The lowest BCUT2D eigenvalue weighted by Crippen LogP contribution is -2.52. The number of esters is 1. The molecule has 1 aliphatic heterocycles. The number of ketones is 1. The summed E-state index contributed by atoms with van der Waals surface area (Å²) in [6.07, 6.45) is 10.7. The largest absolute Gasteiger partial charge is 0.461 e. The molecule has 1 saturated heterocycles. The molecule has 0 aromatic carbocycles. The number of fused-ring (bicyclic) bond motifs is 5. The highest BCUT2D eigenvalue weighted by atomic mass is 16.5. The Hall–Kier alpha value is -1.20. The molecule has 0 aromatic heterocycles. The molecule has 4 aliphatic carbocycles. The van der Waals surface area contributed by atoms with Crippen molar-refractivity contribution in [3.05, 3.63) is 11.6 Å². The summed E-state index contributed by atoms with van der Waals surface area (Å²) in [6, 6.07) is 0. The first kappa shape index (κ1) is 21.6. The lowest BCUT2D eigenvalue weighted by Gasteiger charge is -2.57. The van der Waals surface area contributed by atoms with Crippen molar-refractivity contribution < 1.29 is 14.3 Å². The third-order valence-corrected chi connectivity index (χ3v) is 10.1. The maximum Gasteiger partial charge on any atom is 0.320 e. The average Bonchev–Trinajstić information content (AvgIpc) is 3.06. The Labute approximate surface area is 187 Å². The van der Waals surface area contributed by atoms with Gasteiger partial charge in [-0.3, -0.25) is 14.5 Å². The van der Waals surface area contributed by atoms with Crippen LogP contribution in [-0.2, 0) is 14.3 Å². The molecular weight excluding hydrogens is 388 g/mol. The minimum atomic E-state index is -0.0230. The molecule has 0 N–H and O–H groups in total. The van der Waals surface area contributed by atoms with Crippen LogP contribution in [0.5, 0.6) is 0 Å². The molecule has 1 unspecified atom stereocenters. The van der Waals surface area contributed by atoms with Crippen LogP contribution >= 0.6 is 0 Å². The second kappa shape index (κ2) is 7.98. The van der Waals surface area contributed by atoms with Gasteiger partial charge in [-0.15, -0.1) is 0 Å². The predicted octanol–water partition coefficient (Wildman–Crippen LogP) is 3.68. The SMILES string of the molecule is CN1CCN(CC(=O)O[C@H]2CC[C@H]3C4CCC5=CC(=O)CC[C@]5(C)[C@H]4CC[C@]23C)CC1. The van der Waals surface area contributed by atoms with Crippen LogP contribution in [0, 0.1) is 28.6 Å². The molecule has 5 aliphatic rings. The Bertz CT molecular complexity index is 771. The fourth-order valence-corrected chi connectivity index (χ4v) is 8.09. The van der Waals surface area contributed by atoms with Gasteiger partial charge < -0.3 is 9.64 Å². The Balaban J connectivity index is 1.25. The second-order valence-electron chi connectivity index (χ2n) is 11.6. The van der Waals surface area contributed by atoms with Crippen LogP contribution in [0.25, 0.3) is 0 Å². The molecule has 6 atom stereocenters. The summed E-state index contributed by atoms with van der Waals surface area (Å²) in [4.78, 5) is 29.4. The molecule has 1 heterocycles. The Morgan fingerprint density at radius 3 is 2.58 bits per heavy atom. The molecule has 0 spiro atoms. The monoisotopic (exact) mass is 428 g/mol. The van der Waals surface area contributed by atoms with Crippen LogP contribution in [0.15, 0.2) is 11.6 Å². The van der Waals surface area contributed by atoms with E-state index < -0.39 is 0 Å². The molecular formula is C26H40N2O3. The normalized spacial score (nSPS) is 43.6. The summed E-state index contributed by atoms with van der Waals surface area (Å²) >= 11 is 0. The van der Waals surface area contributed by atoms with Gasteiger partial charge in [-0.1, -0.05) is 19.4 Å². The Kier molecular flexibility index (Phi) is 5.57. The van der Waals surface area contributed by atoms with Gasteiger partial charge in [0.05, 0.1) is 6.54 Å². The molecule has 0 aromatic rings. The molecule has 5 heteroatoms. The summed E-state index contributed by atoms with van der Waals surface area (Å²) in [5.41, 5.74) is 1.77. The number of likely N-dealkylation sites (N-methyl/N-ethyl adjacent to an activating group) is 1. The van der Waals surface area contributed by atoms with E-state index in [1.54, 1.807) is 0 Å². The van der Waals surface area contributed by atoms with Gasteiger partial charge in [0.2, 0.25) is 0 Å². The van der Waals surface area contributed by atoms with Crippen LogP contribution in [0.2, 0.25) is 0 Å². The van der Waals surface area contributed by atoms with Crippen molar-refractivity contribution in [1.29, 1.82) is 0 Å². The second-order valence-corrected chi connectivity index (χ2v) is 11.6. The smallest absolute Gasteiger partial charge is 0.320 e. The number of nitrogens with zero attached hydrogens (tertiary/aromatic N) is 2. The van der Waals surface area contributed by atoms with Crippen LogP contribution in [0.3, 0.4) is 0 Å². The van der Waals surface area contributed by atoms with E-state index >= 15 is 0 Å². The van der Waals surface area contributed by atoms with Gasteiger partial charge in [-0.2, -0.15) is 0 Å². The fraction of sp³-hybridized carbons (Fsp3) is 0.846. The van der Waals surface area contributed by atoms with Gasteiger partial charge in [0, 0.05) is 38.0 Å². The van der Waals surface area contributed by atoms with Crippen molar-refractivity contribution in [3.63, 3.8) is 0 Å². The number of carbonyl (C=O) groups is 2. The summed E-state index contributed by atoms with van der Waals surface area (Å²) in [5.74, 6) is 2.38. The molecule has 172 valence electrons. The van der Waals surface area contributed by atoms with Crippen molar-refractivity contribution in [2.75, 3.05) is 39.8 Å². The molecule has 31 heavy (non-hydrogen) atoms. The molecule has 5 rings (SSSR count). The molecule has 4 fully saturated rings. The highest BCUT2D eigenvalue weighted by Gasteiger charge is 2.60. The third-order valence-electron chi connectivity index (χ3n) is 10.1. The number of ether oxygens (including phenoxy) is 1. The minimum absolute atomic E-state index is 0.0230. The van der Waals surface area contributed by atoms with Gasteiger partial charge in [-0.05, 0) is 81.2 Å². The molecule has 0 bridgehead atoms. The quantitative estimate of drug-likeness (QED) is 0.642. The van der Waals surface area contributed by atoms with Gasteiger partial charge in [0.1, 0.15) is 6.10 Å². The van der Waals surface area contributed by atoms with E-state index in [0.717, 1.165) is 64.2 Å². The number of carbonyl (C=O) groups excluding carboxylic acids is 2. The lowest BCUT2D eigenvalue weighted by atomic mass is 9.47. The summed E-state index contributed by atoms with van der Waals surface area (Å²) < 4.78 is 6.19. The van der Waals surface area contributed by atoms with E-state index in [1.165, 1.54) is 24.8 Å². The third kappa shape index (κ3) is 3.70. The zero-order valence-electron chi connectivity index (χ0n) is 19.7. The van der Waals surface area contributed by atoms with E-state index in [0.29, 0.717) is 24.2 Å². The number of rotatable bonds is 3. The van der Waals surface area contributed by atoms with E-state index in [4.69, 9.17) is 4.74 Å². The first-order chi connectivity index (χ1) is 14.8. The molecule has 0 amide bonds. The standard InChI is InChI=1S/C26H40N2O3/c1-25-10-8-19(29)16-18(25)4-5-20-21-6-7-23(26(21,2)11-9-22(20)25)31-24(30)17-28-14-12-27(3)13-15-28/h16,20-23H,4-15,17H2,1-3H3/t20?,21-,22-,23-,25-,26-/m0/s1. The maximum atomic E-state index is 12.8. The zero-order valence-corrected chi connectivity index (χ0v) is 19.7. The van der Waals surface area contributed by atoms with Crippen LogP contribution in [0.1, 0.15) is 65.2 Å². The van der Waals surface area contributed by atoms with Gasteiger partial charge in [0.25, 0.3) is 0 Å². The number of hydrogen-bond donors (Lipinski definition) is 0. The minimum Gasteiger partial charge on any atom is -0.461 e. The topological polar surface area (TPSA) is 49.9 Å². The van der Waals surface area contributed by atoms with Crippen molar-refractivity contribution in [2.45, 2.75) is 71.3 Å². The van der Waals surface area contributed by atoms with E-state index in [9.17, 15) is 9.59 Å². The Morgan fingerprint density at radius 2 is 1.81 bits per heavy atom. The van der Waals surface area contributed by atoms with Gasteiger partial charge in [-0.25, -0.2) is 0 Å². The number of allylic oxidation sites excluding steroid dienone is 1. The van der Waals surface area contributed by atoms with E-state index in [2.05, 4.69) is 30.7 Å². The Morgan fingerprint density at radius 1 is 1.03 bits per heavy atom. The number of piperazine rings is 1. The van der Waals surface area contributed by atoms with Gasteiger partial charge >= 0.3 is 5.97 Å². The van der Waals surface area contributed by atoms with Crippen molar-refractivity contribution in [3.8, 4) is 0 Å². The molecule has 3 saturated carbocycles. The first-order valence-electron chi connectivity index (χ1n) is 12.6. The van der Waals surface area contributed by atoms with Crippen molar-refractivity contribution in [1.82, 2.24) is 9.80 Å². The zero-order chi connectivity index (χ0) is 21.8. The molecule has 0 radical (unpaired) electrons. The van der Waals surface area contributed by atoms with Crippen molar-refractivity contribution >= 4 is 11.8 Å². The van der Waals surface area contributed by atoms with Crippen LogP contribution in [0.4, 0.5) is 0 Å². The predicted molar refractivity (Wildman–Crippen MR) is 121 cm³/mol. The highest BCUT2D eigenvalue weighted by Crippen LogP contribution is 2.65. The summed E-state index contributed by atoms with van der Waals surface area (Å²) in [7, 11) is 2.14. The average molecular weight is 429 g/mol. The van der Waals surface area contributed by atoms with Crippen LogP contribution in [-0.4, -0.2) is 67.4 Å². The lowest BCUT2D eigenvalue weighted by molar-refractivity contribution is -0.161. The van der Waals surface area contributed by atoms with E-state index in [-0.39, 0.29) is 22.9 Å². The van der Waals surface area contributed by atoms with Crippen molar-refractivity contribution in [2.24, 2.45) is 28.6 Å². The summed E-state index contributed by atoms with van der Waals surface area (Å²) in [6.45, 7) is 9.26. The van der Waals surface area contributed by atoms with Gasteiger partial charge in [0.15, 0.2) is 5.78 Å². The maximum absolute atomic E-state index is 12.8. The van der Waals surface area contributed by atoms with Crippen LogP contribution < -0.4 is 0 Å². The summed E-state index contributed by atoms with van der Waals surface area (Å²) in [5, 5.41) is 0. The van der Waals surface area contributed by atoms with E-state index in [1.807, 2.05) is 6.08 Å². The first-order valence-corrected chi connectivity index (χ1v) is 12.6.